The maximum Gasteiger partial charge on any atom is 0.260 e. The van der Waals surface area contributed by atoms with Gasteiger partial charge in [-0.2, -0.15) is 0 Å². The van der Waals surface area contributed by atoms with Crippen molar-refractivity contribution in [3.05, 3.63) is 66.0 Å². The predicted octanol–water partition coefficient (Wildman–Crippen LogP) is 2.87. The first-order chi connectivity index (χ1) is 13.1. The third kappa shape index (κ3) is 5.54. The fourth-order valence-corrected chi connectivity index (χ4v) is 3.08. The van der Waals surface area contributed by atoms with Gasteiger partial charge in [-0.15, -0.1) is 0 Å². The number of para-hydroxylation sites is 1. The number of rotatable bonds is 6. The van der Waals surface area contributed by atoms with Gasteiger partial charge < -0.3 is 15.0 Å². The van der Waals surface area contributed by atoms with Crippen LogP contribution in [0.25, 0.3) is 0 Å². The molecule has 0 unspecified atom stereocenters. The van der Waals surface area contributed by atoms with Crippen LogP contribution in [0.4, 0.5) is 4.39 Å². The Morgan fingerprint density at radius 2 is 1.70 bits per heavy atom. The van der Waals surface area contributed by atoms with Gasteiger partial charge in [0.25, 0.3) is 11.8 Å². The summed E-state index contributed by atoms with van der Waals surface area (Å²) in [4.78, 5) is 26.1. The van der Waals surface area contributed by atoms with Crippen LogP contribution in [0.1, 0.15) is 23.2 Å². The normalized spacial score (nSPS) is 14.6. The minimum atomic E-state index is -0.361. The first-order valence-corrected chi connectivity index (χ1v) is 9.11. The number of carbonyl (C=O) groups excluding carboxylic acids is 2. The van der Waals surface area contributed by atoms with E-state index in [4.69, 9.17) is 4.74 Å². The second-order valence-electron chi connectivity index (χ2n) is 6.64. The van der Waals surface area contributed by atoms with E-state index in [-0.39, 0.29) is 24.2 Å². The number of benzene rings is 2. The number of ether oxygens (including phenoxy) is 1. The quantitative estimate of drug-likeness (QED) is 0.851. The second-order valence-corrected chi connectivity index (χ2v) is 6.64. The van der Waals surface area contributed by atoms with Gasteiger partial charge >= 0.3 is 0 Å². The Kier molecular flexibility index (Phi) is 6.41. The molecule has 0 saturated carbocycles. The van der Waals surface area contributed by atoms with Crippen molar-refractivity contribution in [2.45, 2.75) is 12.8 Å². The van der Waals surface area contributed by atoms with Crippen LogP contribution in [0.5, 0.6) is 5.75 Å². The van der Waals surface area contributed by atoms with Gasteiger partial charge in [0.15, 0.2) is 6.61 Å². The number of nitrogens with one attached hydrogen (secondary N) is 1. The third-order valence-electron chi connectivity index (χ3n) is 4.73. The van der Waals surface area contributed by atoms with E-state index in [1.54, 1.807) is 4.90 Å². The van der Waals surface area contributed by atoms with Crippen LogP contribution in [0.3, 0.4) is 0 Å². The van der Waals surface area contributed by atoms with Crippen LogP contribution in [0.2, 0.25) is 0 Å². The van der Waals surface area contributed by atoms with E-state index in [1.165, 1.54) is 24.3 Å². The minimum Gasteiger partial charge on any atom is -0.484 e. The molecule has 1 aliphatic rings. The summed E-state index contributed by atoms with van der Waals surface area (Å²) in [5.74, 6) is 0.426. The van der Waals surface area contributed by atoms with E-state index >= 15 is 0 Å². The predicted molar refractivity (Wildman–Crippen MR) is 100.0 cm³/mol. The molecule has 0 atom stereocenters. The summed E-state index contributed by atoms with van der Waals surface area (Å²) in [7, 11) is 0. The Morgan fingerprint density at radius 3 is 2.37 bits per heavy atom. The summed E-state index contributed by atoms with van der Waals surface area (Å²) in [6, 6.07) is 14.8. The number of amides is 2. The number of halogens is 1. The van der Waals surface area contributed by atoms with Crippen LogP contribution >= 0.6 is 0 Å². The first-order valence-electron chi connectivity index (χ1n) is 9.11. The Labute approximate surface area is 158 Å². The van der Waals surface area contributed by atoms with E-state index < -0.39 is 0 Å². The van der Waals surface area contributed by atoms with Crippen molar-refractivity contribution < 1.29 is 18.7 Å². The number of hydrogen-bond acceptors (Lipinski definition) is 3. The van der Waals surface area contributed by atoms with Crippen LogP contribution in [0, 0.1) is 11.7 Å². The second kappa shape index (κ2) is 9.16. The van der Waals surface area contributed by atoms with Crippen LogP contribution < -0.4 is 10.1 Å². The van der Waals surface area contributed by atoms with Gasteiger partial charge in [-0.05, 0) is 55.2 Å². The monoisotopic (exact) mass is 370 g/mol. The van der Waals surface area contributed by atoms with Crippen LogP contribution in [0.15, 0.2) is 54.6 Å². The highest BCUT2D eigenvalue weighted by Gasteiger charge is 2.23. The molecule has 0 aromatic heterocycles. The average Bonchev–Trinajstić information content (AvgIpc) is 2.72. The smallest absolute Gasteiger partial charge is 0.260 e. The molecule has 1 N–H and O–H groups in total. The number of nitrogens with zero attached hydrogens (tertiary/aromatic N) is 1. The zero-order chi connectivity index (χ0) is 19.1. The van der Waals surface area contributed by atoms with E-state index in [0.717, 1.165) is 12.8 Å². The lowest BCUT2D eigenvalue weighted by Crippen LogP contribution is -2.43. The molecular weight excluding hydrogens is 347 g/mol. The summed E-state index contributed by atoms with van der Waals surface area (Å²) in [6.07, 6.45) is 1.67. The lowest BCUT2D eigenvalue weighted by Gasteiger charge is -2.32. The average molecular weight is 370 g/mol. The SMILES string of the molecule is O=C(NCC1CCN(C(=O)COc2ccccc2)CC1)c1ccc(F)cc1. The molecule has 0 spiro atoms. The third-order valence-corrected chi connectivity index (χ3v) is 4.73. The summed E-state index contributed by atoms with van der Waals surface area (Å²) in [5.41, 5.74) is 0.446. The molecule has 2 aromatic carbocycles. The molecule has 3 rings (SSSR count). The highest BCUT2D eigenvalue weighted by Crippen LogP contribution is 2.17. The van der Waals surface area contributed by atoms with Crippen molar-refractivity contribution in [3.8, 4) is 5.75 Å². The summed E-state index contributed by atoms with van der Waals surface area (Å²) in [6.45, 7) is 1.91. The Bertz CT molecular complexity index is 757. The highest BCUT2D eigenvalue weighted by molar-refractivity contribution is 5.94. The largest absolute Gasteiger partial charge is 0.484 e. The maximum absolute atomic E-state index is 12.9. The van der Waals surface area contributed by atoms with Gasteiger partial charge in [0.2, 0.25) is 0 Å². The van der Waals surface area contributed by atoms with Crippen molar-refractivity contribution >= 4 is 11.8 Å². The van der Waals surface area contributed by atoms with Gasteiger partial charge in [0.1, 0.15) is 11.6 Å². The molecule has 0 aliphatic carbocycles. The van der Waals surface area contributed by atoms with Gasteiger partial charge in [-0.1, -0.05) is 18.2 Å². The molecule has 2 amide bonds. The van der Waals surface area contributed by atoms with Gasteiger partial charge in [0, 0.05) is 25.2 Å². The minimum absolute atomic E-state index is 0.0207. The molecule has 1 aliphatic heterocycles. The van der Waals surface area contributed by atoms with E-state index in [2.05, 4.69) is 5.32 Å². The van der Waals surface area contributed by atoms with Gasteiger partial charge in [-0.25, -0.2) is 4.39 Å². The van der Waals surface area contributed by atoms with Crippen molar-refractivity contribution in [1.82, 2.24) is 10.2 Å². The molecule has 0 radical (unpaired) electrons. The maximum atomic E-state index is 12.9. The van der Waals surface area contributed by atoms with Crippen LogP contribution in [-0.4, -0.2) is 43.0 Å². The first kappa shape index (κ1) is 18.9. The summed E-state index contributed by atoms with van der Waals surface area (Å²) in [5, 5.41) is 2.89. The highest BCUT2D eigenvalue weighted by atomic mass is 19.1. The van der Waals surface area contributed by atoms with Crippen molar-refractivity contribution in [3.63, 3.8) is 0 Å². The molecule has 142 valence electrons. The molecule has 6 heteroatoms. The van der Waals surface area contributed by atoms with Gasteiger partial charge in [0.05, 0.1) is 0 Å². The van der Waals surface area contributed by atoms with Crippen molar-refractivity contribution in [1.29, 1.82) is 0 Å². The Hall–Kier alpha value is -2.89. The van der Waals surface area contributed by atoms with Crippen molar-refractivity contribution in [2.75, 3.05) is 26.2 Å². The fraction of sp³-hybridized carbons (Fsp3) is 0.333. The zero-order valence-corrected chi connectivity index (χ0v) is 15.1. The lowest BCUT2D eigenvalue weighted by atomic mass is 9.96. The molecule has 2 aromatic rings. The molecule has 5 nitrogen and oxygen atoms in total. The Balaban J connectivity index is 1.37. The van der Waals surface area contributed by atoms with E-state index in [0.29, 0.717) is 36.9 Å². The lowest BCUT2D eigenvalue weighted by molar-refractivity contribution is -0.134. The standard InChI is InChI=1S/C21H23FN2O3/c22-18-8-6-17(7-9-18)21(26)23-14-16-10-12-24(13-11-16)20(25)15-27-19-4-2-1-3-5-19/h1-9,16H,10-15H2,(H,23,26). The van der Waals surface area contributed by atoms with E-state index in [9.17, 15) is 14.0 Å². The molecule has 1 fully saturated rings. The molecule has 1 heterocycles. The topological polar surface area (TPSA) is 58.6 Å². The van der Waals surface area contributed by atoms with Crippen LogP contribution in [-0.2, 0) is 4.79 Å². The zero-order valence-electron chi connectivity index (χ0n) is 15.1. The van der Waals surface area contributed by atoms with Gasteiger partial charge in [-0.3, -0.25) is 9.59 Å². The number of piperidine rings is 1. The molecule has 1 saturated heterocycles. The summed E-state index contributed by atoms with van der Waals surface area (Å²) >= 11 is 0. The molecular formula is C21H23FN2O3. The Morgan fingerprint density at radius 1 is 1.04 bits per heavy atom. The van der Waals surface area contributed by atoms with Crippen molar-refractivity contribution in [2.24, 2.45) is 5.92 Å². The summed E-state index contributed by atoms with van der Waals surface area (Å²) < 4.78 is 18.4. The molecule has 0 bridgehead atoms. The molecule has 27 heavy (non-hydrogen) atoms. The number of carbonyl (C=O) groups is 2. The fourth-order valence-electron chi connectivity index (χ4n) is 3.08. The van der Waals surface area contributed by atoms with E-state index in [1.807, 2.05) is 30.3 Å². The number of likely N-dealkylation sites (tertiary alicyclic amines) is 1. The number of hydrogen-bond donors (Lipinski definition) is 1.